The lowest BCUT2D eigenvalue weighted by atomic mass is 9.81. The Kier molecular flexibility index (Phi) is 8.84. The van der Waals surface area contributed by atoms with E-state index in [-0.39, 0.29) is 12.6 Å². The maximum Gasteiger partial charge on any atom is 0.332 e. The van der Waals surface area contributed by atoms with Gasteiger partial charge in [0, 0.05) is 6.54 Å². The number of ether oxygens (including phenoxy) is 2. The van der Waals surface area contributed by atoms with Crippen LogP contribution in [0.3, 0.4) is 0 Å². The van der Waals surface area contributed by atoms with E-state index in [4.69, 9.17) is 9.47 Å². The molecule has 19 heavy (non-hydrogen) atoms. The van der Waals surface area contributed by atoms with Gasteiger partial charge in [0.05, 0.1) is 13.2 Å². The first-order valence-corrected chi connectivity index (χ1v) is 7.66. The molecule has 1 fully saturated rings. The Morgan fingerprint density at radius 3 is 2.89 bits per heavy atom. The molecule has 0 aromatic carbocycles. The van der Waals surface area contributed by atoms with Gasteiger partial charge >= 0.3 is 5.97 Å². The van der Waals surface area contributed by atoms with E-state index < -0.39 is 0 Å². The molecule has 0 amide bonds. The fourth-order valence-corrected chi connectivity index (χ4v) is 2.76. The molecule has 0 saturated heterocycles. The molecule has 0 bridgehead atoms. The fourth-order valence-electron chi connectivity index (χ4n) is 2.76. The second kappa shape index (κ2) is 10.2. The molecule has 1 aliphatic rings. The van der Waals surface area contributed by atoms with Gasteiger partial charge in [-0.1, -0.05) is 26.2 Å². The summed E-state index contributed by atoms with van der Waals surface area (Å²) >= 11 is 0. The minimum Gasteiger partial charge on any atom is -0.464 e. The van der Waals surface area contributed by atoms with Gasteiger partial charge in [0.1, 0.15) is 6.61 Å². The van der Waals surface area contributed by atoms with Crippen molar-refractivity contribution in [2.24, 2.45) is 11.8 Å². The molecule has 0 radical (unpaired) electrons. The van der Waals surface area contributed by atoms with Crippen LogP contribution in [0, 0.1) is 11.8 Å². The van der Waals surface area contributed by atoms with Gasteiger partial charge in [-0.05, 0) is 38.1 Å². The minimum absolute atomic E-state index is 0.0651. The first kappa shape index (κ1) is 16.4. The third kappa shape index (κ3) is 8.22. The van der Waals surface area contributed by atoms with E-state index in [0.29, 0.717) is 13.2 Å². The lowest BCUT2D eigenvalue weighted by Crippen LogP contribution is -2.25. The van der Waals surface area contributed by atoms with Crippen molar-refractivity contribution in [3.05, 3.63) is 0 Å². The molecule has 1 saturated carbocycles. The highest BCUT2D eigenvalue weighted by atomic mass is 16.6. The Hall–Kier alpha value is -0.610. The smallest absolute Gasteiger partial charge is 0.332 e. The number of hydrogen-bond donors (Lipinski definition) is 1. The molecule has 4 heteroatoms. The first-order chi connectivity index (χ1) is 9.22. The zero-order chi connectivity index (χ0) is 13.9. The molecule has 0 aromatic rings. The van der Waals surface area contributed by atoms with Gasteiger partial charge in [0.25, 0.3) is 0 Å². The van der Waals surface area contributed by atoms with E-state index >= 15 is 0 Å². The number of carbonyl (C=O) groups is 1. The third-order valence-electron chi connectivity index (χ3n) is 3.72. The largest absolute Gasteiger partial charge is 0.464 e. The van der Waals surface area contributed by atoms with Gasteiger partial charge < -0.3 is 14.8 Å². The molecule has 1 rings (SSSR count). The van der Waals surface area contributed by atoms with Crippen LogP contribution in [0.4, 0.5) is 0 Å². The summed E-state index contributed by atoms with van der Waals surface area (Å²) in [5, 5.41) is 3.38. The third-order valence-corrected chi connectivity index (χ3v) is 3.72. The average molecular weight is 271 g/mol. The zero-order valence-corrected chi connectivity index (χ0v) is 12.5. The highest BCUT2D eigenvalue weighted by Gasteiger charge is 2.17. The fraction of sp³-hybridized carbons (Fsp3) is 0.933. The van der Waals surface area contributed by atoms with Crippen LogP contribution in [0.15, 0.2) is 0 Å². The Balaban J connectivity index is 1.87. The predicted molar refractivity (Wildman–Crippen MR) is 76.1 cm³/mol. The van der Waals surface area contributed by atoms with Crippen molar-refractivity contribution in [3.8, 4) is 0 Å². The molecule has 1 N–H and O–H groups in total. The van der Waals surface area contributed by atoms with Gasteiger partial charge in [0.2, 0.25) is 0 Å². The van der Waals surface area contributed by atoms with E-state index in [1.165, 1.54) is 32.1 Å². The van der Waals surface area contributed by atoms with E-state index in [2.05, 4.69) is 12.2 Å². The van der Waals surface area contributed by atoms with Gasteiger partial charge in [-0.2, -0.15) is 0 Å². The van der Waals surface area contributed by atoms with Crippen molar-refractivity contribution in [3.63, 3.8) is 0 Å². The number of carbonyl (C=O) groups excluding carboxylic acids is 1. The molecule has 2 unspecified atom stereocenters. The Morgan fingerprint density at radius 2 is 2.16 bits per heavy atom. The lowest BCUT2D eigenvalue weighted by Gasteiger charge is -2.26. The van der Waals surface area contributed by atoms with Crippen molar-refractivity contribution in [2.75, 3.05) is 32.9 Å². The molecular formula is C15H29NO3. The van der Waals surface area contributed by atoms with E-state index in [9.17, 15) is 4.79 Å². The maximum absolute atomic E-state index is 11.0. The topological polar surface area (TPSA) is 47.6 Å². The summed E-state index contributed by atoms with van der Waals surface area (Å²) in [6.07, 6.45) is 6.86. The van der Waals surface area contributed by atoms with Gasteiger partial charge in [0.15, 0.2) is 0 Å². The Bertz CT molecular complexity index is 246. The predicted octanol–water partition coefficient (Wildman–Crippen LogP) is 2.37. The van der Waals surface area contributed by atoms with E-state index in [1.54, 1.807) is 6.92 Å². The van der Waals surface area contributed by atoms with Crippen LogP contribution in [0.5, 0.6) is 0 Å². The van der Waals surface area contributed by atoms with Crippen LogP contribution in [0.25, 0.3) is 0 Å². The van der Waals surface area contributed by atoms with E-state index in [1.807, 2.05) is 0 Å². The SMILES string of the molecule is CCOC(=O)COCCNCCC1CCCC(C)C1. The second-order valence-corrected chi connectivity index (χ2v) is 5.53. The highest BCUT2D eigenvalue weighted by molar-refractivity contribution is 5.70. The summed E-state index contributed by atoms with van der Waals surface area (Å²) in [5.41, 5.74) is 0. The maximum atomic E-state index is 11.0. The van der Waals surface area contributed by atoms with Crippen LogP contribution in [-0.4, -0.2) is 38.9 Å². The van der Waals surface area contributed by atoms with Crippen molar-refractivity contribution in [1.29, 1.82) is 0 Å². The second-order valence-electron chi connectivity index (χ2n) is 5.53. The quantitative estimate of drug-likeness (QED) is 0.516. The van der Waals surface area contributed by atoms with Crippen LogP contribution in [-0.2, 0) is 14.3 Å². The molecule has 0 spiro atoms. The molecule has 0 heterocycles. The van der Waals surface area contributed by atoms with Crippen molar-refractivity contribution in [1.82, 2.24) is 5.32 Å². The number of nitrogens with one attached hydrogen (secondary N) is 1. The summed E-state index contributed by atoms with van der Waals surface area (Å²) in [4.78, 5) is 11.0. The van der Waals surface area contributed by atoms with Crippen LogP contribution in [0.2, 0.25) is 0 Å². The van der Waals surface area contributed by atoms with Crippen LogP contribution < -0.4 is 5.32 Å². The van der Waals surface area contributed by atoms with Gasteiger partial charge in [-0.25, -0.2) is 4.79 Å². The summed E-state index contributed by atoms with van der Waals surface area (Å²) in [5.74, 6) is 1.53. The average Bonchev–Trinajstić information content (AvgIpc) is 2.38. The van der Waals surface area contributed by atoms with Crippen molar-refractivity contribution < 1.29 is 14.3 Å². The zero-order valence-electron chi connectivity index (χ0n) is 12.5. The van der Waals surface area contributed by atoms with Gasteiger partial charge in [-0.15, -0.1) is 0 Å². The van der Waals surface area contributed by atoms with Crippen molar-refractivity contribution >= 4 is 5.97 Å². The van der Waals surface area contributed by atoms with Gasteiger partial charge in [-0.3, -0.25) is 0 Å². The molecule has 112 valence electrons. The van der Waals surface area contributed by atoms with Crippen LogP contribution >= 0.6 is 0 Å². The summed E-state index contributed by atoms with van der Waals surface area (Å²) in [6.45, 7) is 7.08. The Morgan fingerprint density at radius 1 is 1.32 bits per heavy atom. The van der Waals surface area contributed by atoms with Crippen LogP contribution in [0.1, 0.15) is 46.0 Å². The summed E-state index contributed by atoms with van der Waals surface area (Å²) in [6, 6.07) is 0. The minimum atomic E-state index is -0.279. The number of rotatable bonds is 9. The summed E-state index contributed by atoms with van der Waals surface area (Å²) in [7, 11) is 0. The lowest BCUT2D eigenvalue weighted by molar-refractivity contribution is -0.148. The Labute approximate surface area is 117 Å². The van der Waals surface area contributed by atoms with E-state index in [0.717, 1.165) is 24.9 Å². The number of esters is 1. The molecular weight excluding hydrogens is 242 g/mol. The monoisotopic (exact) mass is 271 g/mol. The molecule has 0 aliphatic heterocycles. The first-order valence-electron chi connectivity index (χ1n) is 7.66. The number of hydrogen-bond acceptors (Lipinski definition) is 4. The molecule has 4 nitrogen and oxygen atoms in total. The highest BCUT2D eigenvalue weighted by Crippen LogP contribution is 2.30. The summed E-state index contributed by atoms with van der Waals surface area (Å²) < 4.78 is 9.99. The van der Waals surface area contributed by atoms with Crippen molar-refractivity contribution in [2.45, 2.75) is 46.0 Å². The molecule has 0 aromatic heterocycles. The normalized spacial score (nSPS) is 23.3. The standard InChI is InChI=1S/C15H29NO3/c1-3-19-15(17)12-18-10-9-16-8-7-14-6-4-5-13(2)11-14/h13-14,16H,3-12H2,1-2H3. The molecule has 1 aliphatic carbocycles. The molecule has 2 atom stereocenters.